The molecule has 12 rings (SSSR count). The fourth-order valence-electron chi connectivity index (χ4n) is 10.1. The third-order valence-electron chi connectivity index (χ3n) is 12.3. The van der Waals surface area contributed by atoms with Gasteiger partial charge in [-0.25, -0.2) is 0 Å². The smallest absolute Gasteiger partial charge is 0.0619 e. The Hall–Kier alpha value is -7.16. The van der Waals surface area contributed by atoms with Gasteiger partial charge in [0, 0.05) is 56.3 Å². The first-order valence-electron chi connectivity index (χ1n) is 19.6. The van der Waals surface area contributed by atoms with Crippen LogP contribution in [-0.2, 0) is 0 Å². The molecule has 0 radical (unpaired) electrons. The minimum atomic E-state index is 0.113. The molecule has 0 amide bonds. The highest BCUT2D eigenvalue weighted by molar-refractivity contribution is 6.08. The lowest BCUT2D eigenvalue weighted by Crippen LogP contribution is -2.41. The van der Waals surface area contributed by atoms with Gasteiger partial charge in [-0.05, 0) is 80.6 Å². The lowest BCUT2D eigenvalue weighted by molar-refractivity contribution is 0.759. The first kappa shape index (κ1) is 31.2. The monoisotopic (exact) mass is 712 g/mol. The van der Waals surface area contributed by atoms with Gasteiger partial charge in [0.2, 0.25) is 0 Å². The van der Waals surface area contributed by atoms with Gasteiger partial charge in [-0.1, -0.05) is 170 Å². The van der Waals surface area contributed by atoms with Crippen LogP contribution in [0.5, 0.6) is 0 Å². The van der Waals surface area contributed by atoms with Gasteiger partial charge < -0.3 is 9.47 Å². The highest BCUT2D eigenvalue weighted by Gasteiger charge is 2.48. The molecule has 0 N–H and O–H groups in total. The largest absolute Gasteiger partial charge is 0.313 e. The zero-order valence-electron chi connectivity index (χ0n) is 30.7. The summed E-state index contributed by atoms with van der Waals surface area (Å²) in [5.74, 6) is 0.233. The summed E-state index contributed by atoms with van der Waals surface area (Å²) in [6.07, 6.45) is 0. The number of benzene rings is 8. The number of hydrogen-bond acceptors (Lipinski definition) is 1. The molecule has 2 heterocycles. The van der Waals surface area contributed by atoms with Crippen molar-refractivity contribution in [3.8, 4) is 39.2 Å². The molecule has 262 valence electrons. The molecule has 2 nitrogen and oxygen atoms in total. The van der Waals surface area contributed by atoms with Gasteiger partial charge in [-0.15, -0.1) is 0 Å². The Balaban J connectivity index is 1.19. The highest BCUT2D eigenvalue weighted by atomic mass is 15.2. The van der Waals surface area contributed by atoms with Crippen LogP contribution < -0.4 is 15.3 Å². The topological polar surface area (TPSA) is 8.17 Å². The molecular formula is C54H36N2. The average molecular weight is 713 g/mol. The summed E-state index contributed by atoms with van der Waals surface area (Å²) in [7, 11) is 0. The van der Waals surface area contributed by atoms with Crippen LogP contribution in [0.1, 0.15) is 28.5 Å². The van der Waals surface area contributed by atoms with E-state index in [1.807, 2.05) is 0 Å². The van der Waals surface area contributed by atoms with Gasteiger partial charge in [0.1, 0.15) is 0 Å². The molecule has 0 saturated heterocycles. The van der Waals surface area contributed by atoms with Crippen molar-refractivity contribution in [1.82, 2.24) is 4.57 Å². The minimum Gasteiger partial charge on any atom is -0.313 e. The maximum absolute atomic E-state index is 2.57. The summed E-state index contributed by atoms with van der Waals surface area (Å²) >= 11 is 0. The Morgan fingerprint density at radius 2 is 0.964 bits per heavy atom. The van der Waals surface area contributed by atoms with Gasteiger partial charge in [0.25, 0.3) is 0 Å². The molecule has 8 aromatic carbocycles. The van der Waals surface area contributed by atoms with E-state index in [-0.39, 0.29) is 11.8 Å². The zero-order chi connectivity index (χ0) is 36.7. The van der Waals surface area contributed by atoms with Crippen LogP contribution in [0.15, 0.2) is 206 Å². The predicted octanol–water partition coefficient (Wildman–Crippen LogP) is 12.0. The number of anilines is 2. The fraction of sp³-hybridized carbons (Fsp3) is 0.0370. The molecule has 0 fully saturated rings. The van der Waals surface area contributed by atoms with E-state index in [4.69, 9.17) is 0 Å². The summed E-state index contributed by atoms with van der Waals surface area (Å²) in [5, 5.41) is 3.91. The second kappa shape index (κ2) is 12.2. The molecule has 0 spiro atoms. The Kier molecular flexibility index (Phi) is 6.79. The first-order chi connectivity index (χ1) is 27.8. The van der Waals surface area contributed by atoms with Gasteiger partial charge in [-0.2, -0.15) is 0 Å². The van der Waals surface area contributed by atoms with Crippen molar-refractivity contribution in [2.75, 3.05) is 4.90 Å². The second-order valence-corrected chi connectivity index (χ2v) is 15.2. The second-order valence-electron chi connectivity index (χ2n) is 15.2. The Bertz CT molecular complexity index is 3150. The third kappa shape index (κ3) is 4.44. The van der Waals surface area contributed by atoms with E-state index in [0.717, 1.165) is 0 Å². The predicted molar refractivity (Wildman–Crippen MR) is 232 cm³/mol. The number of fused-ring (bicyclic) bond motifs is 13. The average Bonchev–Trinajstić information content (AvgIpc) is 3.81. The number of rotatable bonds is 4. The van der Waals surface area contributed by atoms with Crippen LogP contribution >= 0.6 is 0 Å². The van der Waals surface area contributed by atoms with E-state index in [1.165, 1.54) is 99.9 Å². The minimum absolute atomic E-state index is 0.113. The summed E-state index contributed by atoms with van der Waals surface area (Å²) in [4.78, 5) is 2.57. The number of aromatic nitrogens is 1. The third-order valence-corrected chi connectivity index (χ3v) is 12.3. The maximum atomic E-state index is 2.57. The van der Waals surface area contributed by atoms with E-state index in [9.17, 15) is 0 Å². The molecule has 1 aromatic heterocycles. The van der Waals surface area contributed by atoms with Crippen molar-refractivity contribution >= 4 is 33.5 Å². The quantitative estimate of drug-likeness (QED) is 0.176. The molecule has 0 bridgehead atoms. The normalized spacial score (nSPS) is 16.1. The summed E-state index contributed by atoms with van der Waals surface area (Å²) in [6.45, 7) is 0. The molecule has 2 atom stereocenters. The number of hydrogen-bond donors (Lipinski definition) is 0. The number of para-hydroxylation sites is 2. The van der Waals surface area contributed by atoms with Crippen molar-refractivity contribution in [3.63, 3.8) is 0 Å². The van der Waals surface area contributed by atoms with Crippen LogP contribution in [0.4, 0.5) is 11.4 Å². The van der Waals surface area contributed by atoms with Crippen LogP contribution in [0.25, 0.3) is 61.4 Å². The van der Waals surface area contributed by atoms with Crippen LogP contribution in [0, 0.1) is 0 Å². The van der Waals surface area contributed by atoms with E-state index in [2.05, 4.69) is 216 Å². The van der Waals surface area contributed by atoms with Crippen LogP contribution in [0.2, 0.25) is 0 Å². The summed E-state index contributed by atoms with van der Waals surface area (Å²) < 4.78 is 2.53. The molecule has 2 unspecified atom stereocenters. The van der Waals surface area contributed by atoms with E-state index >= 15 is 0 Å². The molecule has 2 aliphatic carbocycles. The van der Waals surface area contributed by atoms with Gasteiger partial charge in [-0.3, -0.25) is 0 Å². The van der Waals surface area contributed by atoms with E-state index in [1.54, 1.807) is 0 Å². The molecule has 3 aliphatic rings. The zero-order valence-corrected chi connectivity index (χ0v) is 30.7. The molecule has 1 aliphatic heterocycles. The summed E-state index contributed by atoms with van der Waals surface area (Å²) in [6, 6.07) is 76.2. The van der Waals surface area contributed by atoms with Crippen LogP contribution in [-0.4, -0.2) is 4.57 Å². The molecule has 9 aromatic rings. The van der Waals surface area contributed by atoms with Crippen molar-refractivity contribution in [3.05, 3.63) is 233 Å². The van der Waals surface area contributed by atoms with Crippen molar-refractivity contribution in [2.45, 2.75) is 11.8 Å². The molecular weight excluding hydrogens is 677 g/mol. The Morgan fingerprint density at radius 3 is 1.73 bits per heavy atom. The van der Waals surface area contributed by atoms with Gasteiger partial charge >= 0.3 is 0 Å². The van der Waals surface area contributed by atoms with Crippen molar-refractivity contribution in [1.29, 1.82) is 0 Å². The maximum Gasteiger partial charge on any atom is 0.0619 e. The standard InChI is InChI=1S/C54H36N2/c1-3-17-35(18-4-1)37-21-15-23-39(33-37)55-47-31-13-11-29-45(47)51-49-42-26-8-10-28-44(42)54-52(50(49)41-25-7-9-27-43(41)53(51)55)46-30-12-14-32-48(46)56(54)40-24-16-22-38(34-40)36-19-5-2-6-20-36/h1-34,49,51H. The van der Waals surface area contributed by atoms with Crippen LogP contribution in [0.3, 0.4) is 0 Å². The van der Waals surface area contributed by atoms with E-state index in [0.29, 0.717) is 0 Å². The lowest BCUT2D eigenvalue weighted by atomic mass is 9.66. The lowest BCUT2D eigenvalue weighted by Gasteiger charge is -2.38. The van der Waals surface area contributed by atoms with E-state index < -0.39 is 0 Å². The summed E-state index contributed by atoms with van der Waals surface area (Å²) in [5.41, 5.74) is 19.2. The Morgan fingerprint density at radius 1 is 0.393 bits per heavy atom. The fourth-order valence-corrected chi connectivity index (χ4v) is 10.1. The Labute approximate surface area is 326 Å². The van der Waals surface area contributed by atoms with Crippen molar-refractivity contribution in [2.24, 2.45) is 0 Å². The van der Waals surface area contributed by atoms with Gasteiger partial charge in [0.15, 0.2) is 0 Å². The van der Waals surface area contributed by atoms with Gasteiger partial charge in [0.05, 0.1) is 11.2 Å². The first-order valence-corrected chi connectivity index (χ1v) is 19.6. The van der Waals surface area contributed by atoms with Crippen molar-refractivity contribution < 1.29 is 0 Å². The molecule has 2 heteroatoms. The number of nitrogens with zero attached hydrogens (tertiary/aromatic N) is 2. The molecule has 56 heavy (non-hydrogen) atoms. The SMILES string of the molecule is c1ccc(-c2cccc(N3C4=c5ccccc5=C5c6c(n(-c7cccc(-c8ccccc8)c7)c7ccccc67)-c6ccccc6C5C4c4ccccc43)c2)cc1. The highest BCUT2D eigenvalue weighted by Crippen LogP contribution is 2.62. The molecule has 0 saturated carbocycles.